The van der Waals surface area contributed by atoms with E-state index in [2.05, 4.69) is 0 Å². The summed E-state index contributed by atoms with van der Waals surface area (Å²) in [6.07, 6.45) is 1.48. The van der Waals surface area contributed by atoms with Gasteiger partial charge in [0.1, 0.15) is 11.5 Å². The SMILES string of the molecule is COc1cc(OC)c(C=O)cc1O.NCCc1ccc(O)cc1. The lowest BCUT2D eigenvalue weighted by atomic mass is 10.1. The number of methoxy groups -OCH3 is 2. The van der Waals surface area contributed by atoms with E-state index in [-0.39, 0.29) is 11.5 Å². The van der Waals surface area contributed by atoms with E-state index in [4.69, 9.17) is 20.3 Å². The normalized spacial score (nSPS) is 9.52. The molecule has 0 aliphatic rings. The van der Waals surface area contributed by atoms with Crippen LogP contribution in [0, 0.1) is 0 Å². The number of aromatic hydroxyl groups is 2. The van der Waals surface area contributed by atoms with Crippen LogP contribution in [0.25, 0.3) is 0 Å². The van der Waals surface area contributed by atoms with Crippen LogP contribution < -0.4 is 15.2 Å². The first-order valence-corrected chi connectivity index (χ1v) is 6.93. The number of carbonyl (C=O) groups excluding carboxylic acids is 1. The molecule has 0 aromatic heterocycles. The standard InChI is InChI=1S/C9H10O4.C8H11NO/c1-12-8-4-9(13-2)7(11)3-6(8)5-10;9-6-5-7-1-3-8(10)4-2-7/h3-5,11H,1-2H3;1-4,10H,5-6,9H2. The van der Waals surface area contributed by atoms with E-state index in [0.717, 1.165) is 6.42 Å². The summed E-state index contributed by atoms with van der Waals surface area (Å²) in [5.41, 5.74) is 6.80. The van der Waals surface area contributed by atoms with Crippen LogP contribution in [-0.4, -0.2) is 37.3 Å². The molecule has 0 unspecified atom stereocenters. The van der Waals surface area contributed by atoms with Crippen molar-refractivity contribution >= 4 is 6.29 Å². The van der Waals surface area contributed by atoms with Crippen molar-refractivity contribution in [3.63, 3.8) is 0 Å². The van der Waals surface area contributed by atoms with Crippen molar-refractivity contribution in [2.45, 2.75) is 6.42 Å². The highest BCUT2D eigenvalue weighted by Crippen LogP contribution is 2.32. The van der Waals surface area contributed by atoms with E-state index in [1.54, 1.807) is 12.1 Å². The average molecular weight is 319 g/mol. The van der Waals surface area contributed by atoms with Gasteiger partial charge in [0.05, 0.1) is 19.8 Å². The Balaban J connectivity index is 0.000000238. The minimum Gasteiger partial charge on any atom is -0.508 e. The van der Waals surface area contributed by atoms with Crippen molar-refractivity contribution in [3.05, 3.63) is 47.5 Å². The summed E-state index contributed by atoms with van der Waals surface area (Å²) in [4.78, 5) is 10.5. The average Bonchev–Trinajstić information content (AvgIpc) is 2.57. The molecule has 23 heavy (non-hydrogen) atoms. The highest BCUT2D eigenvalue weighted by Gasteiger charge is 2.08. The Hall–Kier alpha value is -2.73. The van der Waals surface area contributed by atoms with E-state index < -0.39 is 0 Å². The summed E-state index contributed by atoms with van der Waals surface area (Å²) in [5, 5.41) is 18.2. The van der Waals surface area contributed by atoms with E-state index in [0.29, 0.717) is 29.9 Å². The first-order chi connectivity index (χ1) is 11.0. The number of hydrogen-bond donors (Lipinski definition) is 3. The molecule has 0 amide bonds. The van der Waals surface area contributed by atoms with Gasteiger partial charge in [-0.05, 0) is 36.7 Å². The van der Waals surface area contributed by atoms with E-state index in [9.17, 15) is 9.90 Å². The van der Waals surface area contributed by atoms with Crippen molar-refractivity contribution < 1.29 is 24.5 Å². The van der Waals surface area contributed by atoms with Crippen LogP contribution in [0.1, 0.15) is 15.9 Å². The van der Waals surface area contributed by atoms with Crippen molar-refractivity contribution in [2.24, 2.45) is 5.73 Å². The first kappa shape index (κ1) is 18.3. The van der Waals surface area contributed by atoms with Crippen LogP contribution in [0.4, 0.5) is 0 Å². The number of aldehydes is 1. The number of phenolic OH excluding ortho intramolecular Hbond substituents is 2. The maximum atomic E-state index is 10.5. The Morgan fingerprint density at radius 3 is 2.13 bits per heavy atom. The van der Waals surface area contributed by atoms with E-state index >= 15 is 0 Å². The van der Waals surface area contributed by atoms with Crippen LogP contribution in [0.2, 0.25) is 0 Å². The molecule has 0 atom stereocenters. The summed E-state index contributed by atoms with van der Waals surface area (Å²) < 4.78 is 9.75. The van der Waals surface area contributed by atoms with Crippen LogP contribution in [-0.2, 0) is 6.42 Å². The first-order valence-electron chi connectivity index (χ1n) is 6.93. The van der Waals surface area contributed by atoms with Gasteiger partial charge in [0, 0.05) is 6.07 Å². The van der Waals surface area contributed by atoms with Crippen molar-refractivity contribution in [2.75, 3.05) is 20.8 Å². The monoisotopic (exact) mass is 319 g/mol. The Morgan fingerprint density at radius 2 is 1.65 bits per heavy atom. The third-order valence-electron chi connectivity index (χ3n) is 3.03. The zero-order valence-corrected chi connectivity index (χ0v) is 13.2. The molecule has 0 aliphatic carbocycles. The van der Waals surface area contributed by atoms with Gasteiger partial charge in [0.2, 0.25) is 0 Å². The maximum Gasteiger partial charge on any atom is 0.164 e. The number of benzene rings is 2. The second-order valence-corrected chi connectivity index (χ2v) is 4.59. The molecule has 2 rings (SSSR count). The van der Waals surface area contributed by atoms with Crippen LogP contribution in [0.15, 0.2) is 36.4 Å². The third kappa shape index (κ3) is 5.52. The molecule has 6 heteroatoms. The molecule has 0 saturated carbocycles. The molecule has 0 radical (unpaired) electrons. The molecule has 6 nitrogen and oxygen atoms in total. The van der Waals surface area contributed by atoms with Gasteiger partial charge in [-0.2, -0.15) is 0 Å². The van der Waals surface area contributed by atoms with Gasteiger partial charge < -0.3 is 25.4 Å². The van der Waals surface area contributed by atoms with Crippen molar-refractivity contribution in [1.82, 2.24) is 0 Å². The summed E-state index contributed by atoms with van der Waals surface area (Å²) in [6.45, 7) is 0.658. The lowest BCUT2D eigenvalue weighted by Crippen LogP contribution is -2.01. The number of carbonyl (C=O) groups is 1. The van der Waals surface area contributed by atoms with Crippen LogP contribution in [0.3, 0.4) is 0 Å². The number of hydrogen-bond acceptors (Lipinski definition) is 6. The molecular weight excluding hydrogens is 298 g/mol. The molecule has 0 aliphatic heterocycles. The largest absolute Gasteiger partial charge is 0.508 e. The molecule has 0 heterocycles. The quantitative estimate of drug-likeness (QED) is 0.730. The van der Waals surface area contributed by atoms with Crippen LogP contribution >= 0.6 is 0 Å². The van der Waals surface area contributed by atoms with Gasteiger partial charge in [-0.15, -0.1) is 0 Å². The summed E-state index contributed by atoms with van der Waals surface area (Å²) in [7, 11) is 2.87. The smallest absolute Gasteiger partial charge is 0.164 e. The topological polar surface area (TPSA) is 102 Å². The molecule has 0 fully saturated rings. The van der Waals surface area contributed by atoms with Gasteiger partial charge in [-0.1, -0.05) is 12.1 Å². The molecule has 0 saturated heterocycles. The Kier molecular flexibility index (Phi) is 7.42. The summed E-state index contributed by atoms with van der Waals surface area (Å²) >= 11 is 0. The Morgan fingerprint density at radius 1 is 1.04 bits per heavy atom. The predicted molar refractivity (Wildman–Crippen MR) is 87.5 cm³/mol. The molecule has 4 N–H and O–H groups in total. The fraction of sp³-hybridized carbons (Fsp3) is 0.235. The number of rotatable bonds is 5. The lowest BCUT2D eigenvalue weighted by molar-refractivity contribution is 0.112. The third-order valence-corrected chi connectivity index (χ3v) is 3.03. The molecule has 124 valence electrons. The fourth-order valence-corrected chi connectivity index (χ4v) is 1.83. The minimum atomic E-state index is -0.0783. The molecular formula is C17H21NO5. The maximum absolute atomic E-state index is 10.5. The van der Waals surface area contributed by atoms with Gasteiger partial charge in [-0.3, -0.25) is 4.79 Å². The minimum absolute atomic E-state index is 0.0783. The van der Waals surface area contributed by atoms with Crippen molar-refractivity contribution in [1.29, 1.82) is 0 Å². The second-order valence-electron chi connectivity index (χ2n) is 4.59. The zero-order chi connectivity index (χ0) is 17.2. The highest BCUT2D eigenvalue weighted by atomic mass is 16.5. The summed E-state index contributed by atoms with van der Waals surface area (Å²) in [5.74, 6) is 0.887. The van der Waals surface area contributed by atoms with E-state index in [1.165, 1.54) is 31.9 Å². The van der Waals surface area contributed by atoms with Gasteiger partial charge in [0.15, 0.2) is 17.8 Å². The van der Waals surface area contributed by atoms with Gasteiger partial charge >= 0.3 is 0 Å². The summed E-state index contributed by atoms with van der Waals surface area (Å²) in [6, 6.07) is 9.85. The molecule has 0 spiro atoms. The number of ether oxygens (including phenoxy) is 2. The van der Waals surface area contributed by atoms with Crippen LogP contribution in [0.5, 0.6) is 23.0 Å². The number of nitrogens with two attached hydrogens (primary N) is 1. The number of phenols is 2. The highest BCUT2D eigenvalue weighted by molar-refractivity contribution is 5.81. The Bertz CT molecular complexity index is 626. The molecule has 0 bridgehead atoms. The van der Waals surface area contributed by atoms with Gasteiger partial charge in [-0.25, -0.2) is 0 Å². The Labute approximate surface area is 135 Å². The second kappa shape index (κ2) is 9.32. The molecule has 2 aromatic rings. The van der Waals surface area contributed by atoms with Gasteiger partial charge in [0.25, 0.3) is 0 Å². The lowest BCUT2D eigenvalue weighted by Gasteiger charge is -2.07. The van der Waals surface area contributed by atoms with Crippen molar-refractivity contribution in [3.8, 4) is 23.0 Å². The van der Waals surface area contributed by atoms with E-state index in [1.807, 2.05) is 12.1 Å². The fourth-order valence-electron chi connectivity index (χ4n) is 1.83. The predicted octanol–water partition coefficient (Wildman–Crippen LogP) is 2.12. The molecule has 2 aromatic carbocycles. The zero-order valence-electron chi connectivity index (χ0n) is 13.2.